The van der Waals surface area contributed by atoms with Crippen molar-refractivity contribution in [1.82, 2.24) is 0 Å². The Morgan fingerprint density at radius 1 is 0.667 bits per heavy atom. The van der Waals surface area contributed by atoms with Gasteiger partial charge in [0, 0.05) is 12.1 Å². The van der Waals surface area contributed by atoms with Crippen LogP contribution in [0, 0.1) is 0 Å². The lowest BCUT2D eigenvalue weighted by Gasteiger charge is -2.09. The highest BCUT2D eigenvalue weighted by Crippen LogP contribution is 2.24. The van der Waals surface area contributed by atoms with E-state index in [1.165, 1.54) is 54.6 Å². The fraction of sp³-hybridized carbons (Fsp3) is 0. The maximum absolute atomic E-state index is 12.3. The Balaban J connectivity index is 1.81. The Hall–Kier alpha value is -4.00. The summed E-state index contributed by atoms with van der Waals surface area (Å²) in [6, 6.07) is 14.8. The highest BCUT2D eigenvalue weighted by Gasteiger charge is 2.18. The van der Waals surface area contributed by atoms with Gasteiger partial charge in [-0.15, -0.1) is 0 Å². The molecule has 0 spiro atoms. The summed E-state index contributed by atoms with van der Waals surface area (Å²) in [5.74, 6) is -2.04. The zero-order chi connectivity index (χ0) is 19.4. The number of ether oxygens (including phenoxy) is 2. The first kappa shape index (κ1) is 17.8. The van der Waals surface area contributed by atoms with Gasteiger partial charge in [-0.1, -0.05) is 12.1 Å². The van der Waals surface area contributed by atoms with Crippen molar-refractivity contribution in [3.8, 4) is 28.7 Å². The number of phenolic OH excluding ortho intramolecular Hbond substituents is 3. The minimum absolute atomic E-state index is 0.000924. The van der Waals surface area contributed by atoms with Crippen molar-refractivity contribution < 1.29 is 34.4 Å². The van der Waals surface area contributed by atoms with E-state index in [4.69, 9.17) is 9.47 Å². The van der Waals surface area contributed by atoms with Crippen molar-refractivity contribution in [2.75, 3.05) is 0 Å². The molecule has 0 bridgehead atoms. The maximum atomic E-state index is 12.3. The first-order chi connectivity index (χ1) is 12.9. The first-order valence-corrected chi connectivity index (χ1v) is 7.78. The average molecular weight is 366 g/mol. The van der Waals surface area contributed by atoms with Gasteiger partial charge in [0.1, 0.15) is 34.3 Å². The fourth-order valence-corrected chi connectivity index (χ4v) is 2.25. The second kappa shape index (κ2) is 7.49. The van der Waals surface area contributed by atoms with Crippen LogP contribution in [0.15, 0.2) is 66.7 Å². The normalized spacial score (nSPS) is 10.2. The van der Waals surface area contributed by atoms with Gasteiger partial charge in [0.25, 0.3) is 0 Å². The smallest absolute Gasteiger partial charge is 0.347 e. The van der Waals surface area contributed by atoms with Crippen LogP contribution < -0.4 is 9.47 Å². The maximum Gasteiger partial charge on any atom is 0.347 e. The van der Waals surface area contributed by atoms with Gasteiger partial charge in [0.05, 0.1) is 5.56 Å². The summed E-state index contributed by atoms with van der Waals surface area (Å²) < 4.78 is 10.2. The third kappa shape index (κ3) is 4.35. The van der Waals surface area contributed by atoms with Crippen LogP contribution in [0.25, 0.3) is 0 Å². The summed E-state index contributed by atoms with van der Waals surface area (Å²) in [7, 11) is 0. The summed E-state index contributed by atoms with van der Waals surface area (Å²) in [4.78, 5) is 24.5. The van der Waals surface area contributed by atoms with E-state index in [0.717, 1.165) is 12.1 Å². The topological polar surface area (TPSA) is 113 Å². The van der Waals surface area contributed by atoms with Crippen molar-refractivity contribution >= 4 is 11.9 Å². The number of carbonyl (C=O) groups is 2. The van der Waals surface area contributed by atoms with E-state index in [9.17, 15) is 24.9 Å². The van der Waals surface area contributed by atoms with Gasteiger partial charge in [-0.05, 0) is 42.5 Å². The standard InChI is InChI=1S/C20H14O7/c21-13-3-1-5-15(10-13)26-19(24)12-7-8-18(23)17(9-12)20(25)27-16-6-2-4-14(22)11-16/h1-11,21-23H. The third-order valence-electron chi connectivity index (χ3n) is 3.51. The molecule has 3 aromatic carbocycles. The van der Waals surface area contributed by atoms with Gasteiger partial charge in [0.15, 0.2) is 0 Å². The van der Waals surface area contributed by atoms with Crippen LogP contribution in [-0.4, -0.2) is 27.3 Å². The van der Waals surface area contributed by atoms with Crippen LogP contribution in [0.5, 0.6) is 28.7 Å². The fourth-order valence-electron chi connectivity index (χ4n) is 2.25. The molecule has 0 aliphatic rings. The molecule has 0 amide bonds. The molecule has 27 heavy (non-hydrogen) atoms. The molecule has 0 unspecified atom stereocenters. The van der Waals surface area contributed by atoms with Gasteiger partial charge in [-0.2, -0.15) is 0 Å². The molecule has 0 heterocycles. The molecular weight excluding hydrogens is 352 g/mol. The van der Waals surface area contributed by atoms with Gasteiger partial charge < -0.3 is 24.8 Å². The van der Waals surface area contributed by atoms with E-state index in [1.54, 1.807) is 0 Å². The molecule has 7 heteroatoms. The Bertz CT molecular complexity index is 1010. The lowest BCUT2D eigenvalue weighted by atomic mass is 10.1. The van der Waals surface area contributed by atoms with Crippen LogP contribution in [0.2, 0.25) is 0 Å². The third-order valence-corrected chi connectivity index (χ3v) is 3.51. The number of benzene rings is 3. The van der Waals surface area contributed by atoms with E-state index in [2.05, 4.69) is 0 Å². The van der Waals surface area contributed by atoms with Crippen molar-refractivity contribution in [3.05, 3.63) is 77.9 Å². The molecule has 0 atom stereocenters. The van der Waals surface area contributed by atoms with Gasteiger partial charge in [-0.3, -0.25) is 0 Å². The number of carbonyl (C=O) groups excluding carboxylic acids is 2. The van der Waals surface area contributed by atoms with Crippen molar-refractivity contribution in [2.45, 2.75) is 0 Å². The lowest BCUT2D eigenvalue weighted by Crippen LogP contribution is -2.13. The van der Waals surface area contributed by atoms with Crippen LogP contribution in [-0.2, 0) is 0 Å². The van der Waals surface area contributed by atoms with E-state index in [1.807, 2.05) is 0 Å². The molecule has 0 saturated carbocycles. The molecule has 0 radical (unpaired) electrons. The van der Waals surface area contributed by atoms with E-state index >= 15 is 0 Å². The highest BCUT2D eigenvalue weighted by atomic mass is 16.5. The average Bonchev–Trinajstić information content (AvgIpc) is 2.62. The Morgan fingerprint density at radius 2 is 1.22 bits per heavy atom. The minimum atomic E-state index is -0.912. The quantitative estimate of drug-likeness (QED) is 0.480. The Kier molecular flexibility index (Phi) is 4.94. The molecule has 3 aromatic rings. The second-order valence-electron chi connectivity index (χ2n) is 5.51. The largest absolute Gasteiger partial charge is 0.508 e. The van der Waals surface area contributed by atoms with E-state index < -0.39 is 11.9 Å². The van der Waals surface area contributed by atoms with Crippen LogP contribution in [0.4, 0.5) is 0 Å². The minimum Gasteiger partial charge on any atom is -0.508 e. The lowest BCUT2D eigenvalue weighted by molar-refractivity contribution is 0.0731. The summed E-state index contributed by atoms with van der Waals surface area (Å²) in [6.07, 6.45) is 0. The number of hydrogen-bond acceptors (Lipinski definition) is 7. The van der Waals surface area contributed by atoms with Crippen molar-refractivity contribution in [3.63, 3.8) is 0 Å². The predicted octanol–water partition coefficient (Wildman–Crippen LogP) is 3.24. The Morgan fingerprint density at radius 3 is 1.78 bits per heavy atom. The van der Waals surface area contributed by atoms with Crippen LogP contribution in [0.3, 0.4) is 0 Å². The van der Waals surface area contributed by atoms with Crippen molar-refractivity contribution in [1.29, 1.82) is 0 Å². The number of phenols is 3. The number of hydrogen-bond donors (Lipinski definition) is 3. The van der Waals surface area contributed by atoms with E-state index in [0.29, 0.717) is 0 Å². The SMILES string of the molecule is O=C(Oc1cccc(O)c1)c1ccc(O)c(C(=O)Oc2cccc(O)c2)c1. The highest BCUT2D eigenvalue weighted by molar-refractivity contribution is 5.98. The molecule has 0 aliphatic heterocycles. The monoisotopic (exact) mass is 366 g/mol. The molecule has 0 aromatic heterocycles. The summed E-state index contributed by atoms with van der Waals surface area (Å²) in [5.41, 5.74) is -0.247. The zero-order valence-electron chi connectivity index (χ0n) is 13.8. The predicted molar refractivity (Wildman–Crippen MR) is 94.2 cm³/mol. The Labute approximate surface area is 153 Å². The van der Waals surface area contributed by atoms with Crippen LogP contribution in [0.1, 0.15) is 20.7 Å². The molecule has 3 rings (SSSR count). The number of rotatable bonds is 4. The van der Waals surface area contributed by atoms with Gasteiger partial charge >= 0.3 is 11.9 Å². The van der Waals surface area contributed by atoms with Crippen LogP contribution >= 0.6 is 0 Å². The molecule has 3 N–H and O–H groups in total. The molecule has 0 saturated heterocycles. The van der Waals surface area contributed by atoms with E-state index in [-0.39, 0.29) is 39.9 Å². The molecule has 0 aliphatic carbocycles. The first-order valence-electron chi connectivity index (χ1n) is 7.78. The van der Waals surface area contributed by atoms with Gasteiger partial charge in [0.2, 0.25) is 0 Å². The molecule has 7 nitrogen and oxygen atoms in total. The molecule has 136 valence electrons. The zero-order valence-corrected chi connectivity index (χ0v) is 13.8. The van der Waals surface area contributed by atoms with Gasteiger partial charge in [-0.25, -0.2) is 9.59 Å². The molecular formula is C20H14O7. The number of aromatic hydroxyl groups is 3. The van der Waals surface area contributed by atoms with Crippen molar-refractivity contribution in [2.24, 2.45) is 0 Å². The summed E-state index contributed by atoms with van der Waals surface area (Å²) in [6.45, 7) is 0. The molecule has 0 fully saturated rings. The summed E-state index contributed by atoms with van der Waals surface area (Å²) in [5, 5.41) is 28.7. The number of esters is 2. The second-order valence-corrected chi connectivity index (χ2v) is 5.51. The summed E-state index contributed by atoms with van der Waals surface area (Å²) >= 11 is 0.